The van der Waals surface area contributed by atoms with Crippen molar-refractivity contribution in [3.8, 4) is 39.5 Å². The largest absolute Gasteiger partial charge is 0.508 e. The van der Waals surface area contributed by atoms with E-state index in [0.29, 0.717) is 25.1 Å². The monoisotopic (exact) mass is 1050 g/mol. The van der Waals surface area contributed by atoms with E-state index in [-0.39, 0.29) is 35.0 Å². The van der Waals surface area contributed by atoms with Gasteiger partial charge in [-0.05, 0) is 134 Å². The van der Waals surface area contributed by atoms with Crippen molar-refractivity contribution >= 4 is 76.3 Å². The zero-order valence-corrected chi connectivity index (χ0v) is 42.5. The van der Waals surface area contributed by atoms with Gasteiger partial charge in [0.2, 0.25) is 0 Å². The average molecular weight is 1060 g/mol. The van der Waals surface area contributed by atoms with Crippen molar-refractivity contribution in [1.82, 2.24) is 10.6 Å². The number of phenols is 3. The Bertz CT molecular complexity index is 2350. The molecule has 0 atom stereocenters. The average Bonchev–Trinajstić information content (AvgIpc) is 3.27. The first-order chi connectivity index (χ1) is 31.6. The molecule has 0 aliphatic carbocycles. The molecule has 13 nitrogen and oxygen atoms in total. The van der Waals surface area contributed by atoms with E-state index in [1.807, 2.05) is 139 Å². The summed E-state index contributed by atoms with van der Waals surface area (Å²) in [6.45, 7) is 12.3. The van der Waals surface area contributed by atoms with Crippen LogP contribution in [0.2, 0.25) is 0 Å². The predicted molar refractivity (Wildman–Crippen MR) is 278 cm³/mol. The van der Waals surface area contributed by atoms with Gasteiger partial charge < -0.3 is 45.5 Å². The smallest absolute Gasteiger partial charge is 0.488 e. The van der Waals surface area contributed by atoms with E-state index >= 15 is 0 Å². The third-order valence-corrected chi connectivity index (χ3v) is 8.88. The molecular weight excluding hydrogens is 998 g/mol. The van der Waals surface area contributed by atoms with Crippen LogP contribution in [0.15, 0.2) is 155 Å². The van der Waals surface area contributed by atoms with Gasteiger partial charge in [0.15, 0.2) is 0 Å². The van der Waals surface area contributed by atoms with Gasteiger partial charge in [-0.2, -0.15) is 5.11 Å². The molecule has 364 valence electrons. The number of halogens is 4. The highest BCUT2D eigenvalue weighted by Gasteiger charge is 2.16. The van der Waals surface area contributed by atoms with E-state index in [2.05, 4.69) is 31.7 Å². The molecule has 68 heavy (non-hydrogen) atoms. The number of hydrogen-bond donors (Lipinski definition) is 8. The summed E-state index contributed by atoms with van der Waals surface area (Å²) in [5.41, 5.74) is 13.5. The van der Waals surface area contributed by atoms with Crippen molar-refractivity contribution in [2.45, 2.75) is 72.4 Å². The summed E-state index contributed by atoms with van der Waals surface area (Å²) in [6.07, 6.45) is -0.814. The first kappa shape index (κ1) is 60.2. The van der Waals surface area contributed by atoms with Gasteiger partial charge in [0.25, 0.3) is 0 Å². The normalized spacial score (nSPS) is 10.2. The van der Waals surface area contributed by atoms with Crippen LogP contribution >= 0.6 is 51.5 Å². The molecule has 0 aliphatic heterocycles. The second-order valence-electron chi connectivity index (χ2n) is 16.2. The molecule has 6 rings (SSSR count). The van der Waals surface area contributed by atoms with Crippen LogP contribution in [0.4, 0.5) is 9.59 Å². The molecule has 6 aromatic rings. The summed E-state index contributed by atoms with van der Waals surface area (Å²) in [5, 5.41) is 53.4. The molecule has 0 unspecified atom stereocenters. The van der Waals surface area contributed by atoms with E-state index in [1.54, 1.807) is 24.3 Å². The van der Waals surface area contributed by atoms with Crippen molar-refractivity contribution in [3.63, 3.8) is 0 Å². The molecule has 0 fully saturated rings. The van der Waals surface area contributed by atoms with Gasteiger partial charge in [0, 0.05) is 17.6 Å². The van der Waals surface area contributed by atoms with E-state index in [1.165, 1.54) is 24.3 Å². The highest BCUT2D eigenvalue weighted by Crippen LogP contribution is 2.24. The van der Waals surface area contributed by atoms with Gasteiger partial charge >= 0.3 is 19.3 Å². The van der Waals surface area contributed by atoms with Gasteiger partial charge in [-0.3, -0.25) is 0 Å². The fourth-order valence-corrected chi connectivity index (χ4v) is 5.51. The fourth-order valence-electron chi connectivity index (χ4n) is 5.24. The Labute approximate surface area is 423 Å². The van der Waals surface area contributed by atoms with E-state index in [9.17, 15) is 19.8 Å². The van der Waals surface area contributed by atoms with Crippen molar-refractivity contribution in [2.24, 2.45) is 5.11 Å². The number of alkyl halides is 2. The van der Waals surface area contributed by atoms with Gasteiger partial charge in [0.05, 0.1) is 11.9 Å². The summed E-state index contributed by atoms with van der Waals surface area (Å²) in [4.78, 5) is 23.0. The molecular formula is C50H59BBrCl3N4O9. The summed E-state index contributed by atoms with van der Waals surface area (Å²) in [6, 6.07) is 43.4. The highest BCUT2D eigenvalue weighted by atomic mass is 79.9. The zero-order valence-electron chi connectivity index (χ0n) is 38.6. The van der Waals surface area contributed by atoms with Crippen LogP contribution in [0.25, 0.3) is 22.3 Å². The van der Waals surface area contributed by atoms with E-state index in [0.717, 1.165) is 43.4 Å². The van der Waals surface area contributed by atoms with Crippen LogP contribution < -0.4 is 16.1 Å². The van der Waals surface area contributed by atoms with Crippen molar-refractivity contribution in [2.75, 3.05) is 5.34 Å². The lowest BCUT2D eigenvalue weighted by Gasteiger charge is -2.19. The topological polar surface area (TPSA) is 214 Å². The molecule has 18 heteroatoms. The molecule has 0 radical (unpaired) electrons. The minimum Gasteiger partial charge on any atom is -0.508 e. The number of aromatic hydroxyl groups is 3. The lowest BCUT2D eigenvalue weighted by molar-refractivity contribution is 0.0512. The molecule has 0 saturated heterocycles. The number of amides is 2. The molecule has 0 spiro atoms. The van der Waals surface area contributed by atoms with Gasteiger partial charge in [-0.15, -0.1) is 35.6 Å². The fraction of sp³-hybridized carbons (Fsp3) is 0.240. The van der Waals surface area contributed by atoms with Crippen LogP contribution in [0, 0.1) is 5.53 Å². The number of phenolic OH excluding ortho intramolecular Hbond substituents is 3. The summed E-state index contributed by atoms with van der Waals surface area (Å²) >= 11 is 12.9. The quantitative estimate of drug-likeness (QED) is 0.0392. The van der Waals surface area contributed by atoms with Crippen molar-refractivity contribution < 1.29 is 44.4 Å². The number of alkyl carbamates (subject to hydrolysis) is 2. The molecule has 2 amide bonds. The number of nitrogens with one attached hydrogen (secondary N) is 3. The number of carbonyl (C=O) groups excluding carboxylic acids is 2. The Morgan fingerprint density at radius 2 is 0.838 bits per heavy atom. The van der Waals surface area contributed by atoms with Crippen molar-refractivity contribution in [3.05, 3.63) is 167 Å². The maximum absolute atomic E-state index is 11.6. The summed E-state index contributed by atoms with van der Waals surface area (Å²) < 4.78 is 11.3. The van der Waals surface area contributed by atoms with E-state index < -0.39 is 30.5 Å². The third-order valence-electron chi connectivity index (χ3n) is 8.35. The lowest BCUT2D eigenvalue weighted by atomic mass is 9.80. The predicted octanol–water partition coefficient (Wildman–Crippen LogP) is 12.1. The van der Waals surface area contributed by atoms with Crippen LogP contribution in [0.5, 0.6) is 17.2 Å². The maximum atomic E-state index is 11.6. The van der Waals surface area contributed by atoms with Gasteiger partial charge in [-0.25, -0.2) is 15.1 Å². The standard InChI is InChI=1S/C18H21NO3.C13H12N2O.C12H16BrNO2.C6H7BO3.CH2Cl2.ClH/c1-18(2,3)22-17(21)19-12-13-4-6-14(7-5-13)15-8-10-16(20)11-9-15;14-15-9-10-1-3-11(4-2-10)12-5-7-13(16)8-6-12;1-12(2,3)16-11(15)14-8-9-4-6-10(13)7-5-9;8-6-3-1-5(2-4-6)7(9)10;2-1-3;/h4-11,20H,12H2,1-3H3,(H,19,21);1-8,14,16H,9H2;4-7H,8H2,1-3H3,(H,14,15);1-4,8-10H;1H2;1H. The zero-order chi connectivity index (χ0) is 50.0. The first-order valence-electron chi connectivity index (χ1n) is 20.7. The van der Waals surface area contributed by atoms with Crippen LogP contribution in [-0.2, 0) is 29.1 Å². The molecule has 6 aromatic carbocycles. The molecule has 0 aliphatic rings. The molecule has 8 N–H and O–H groups in total. The number of hydrogen-bond acceptors (Lipinski definition) is 11. The number of carbonyl (C=O) groups is 2. The SMILES string of the molecule is CC(C)(C)OC(=O)NCc1ccc(-c2ccc(O)cc2)cc1.CC(C)(C)OC(=O)NCc1ccc(Br)cc1.Cl.ClCCl.N=NCc1ccc(-c2ccc(O)cc2)cc1.OB(O)c1ccc(O)cc1. The summed E-state index contributed by atoms with van der Waals surface area (Å²) in [5.74, 6) is 0.639. The van der Waals surface area contributed by atoms with E-state index in [4.69, 9.17) is 53.4 Å². The summed E-state index contributed by atoms with van der Waals surface area (Å²) in [7, 11) is -1.46. The molecule has 0 aromatic heterocycles. The molecule has 0 heterocycles. The minimum atomic E-state index is -1.46. The second-order valence-corrected chi connectivity index (χ2v) is 17.9. The highest BCUT2D eigenvalue weighted by molar-refractivity contribution is 9.10. The van der Waals surface area contributed by atoms with Crippen LogP contribution in [-0.4, -0.2) is 61.2 Å². The number of ether oxygens (including phenoxy) is 2. The number of benzene rings is 6. The minimum absolute atomic E-state index is 0. The Kier molecular flexibility index (Phi) is 27.7. The van der Waals surface area contributed by atoms with Gasteiger partial charge in [0.1, 0.15) is 28.5 Å². The Hall–Kier alpha value is -5.81. The molecule has 0 bridgehead atoms. The number of nitrogens with zero attached hydrogens (tertiary/aromatic N) is 1. The van der Waals surface area contributed by atoms with Crippen LogP contribution in [0.1, 0.15) is 58.2 Å². The second kappa shape index (κ2) is 31.3. The maximum Gasteiger partial charge on any atom is 0.488 e. The third kappa shape index (κ3) is 26.5. The number of rotatable bonds is 9. The Morgan fingerprint density at radius 3 is 1.13 bits per heavy atom. The first-order valence-corrected chi connectivity index (χ1v) is 22.5. The van der Waals surface area contributed by atoms with Gasteiger partial charge in [-0.1, -0.05) is 113 Å². The van der Waals surface area contributed by atoms with Crippen molar-refractivity contribution in [1.29, 1.82) is 5.53 Å². The molecule has 0 saturated carbocycles. The Balaban J connectivity index is 0.000000455. The Morgan fingerprint density at radius 1 is 0.559 bits per heavy atom. The lowest BCUT2D eigenvalue weighted by Crippen LogP contribution is -2.32. The van der Waals surface area contributed by atoms with Crippen LogP contribution in [0.3, 0.4) is 0 Å².